The van der Waals surface area contributed by atoms with Gasteiger partial charge in [-0.25, -0.2) is 0 Å². The number of hydrogen-bond acceptors (Lipinski definition) is 4. The van der Waals surface area contributed by atoms with Gasteiger partial charge in [0.25, 0.3) is 0 Å². The summed E-state index contributed by atoms with van der Waals surface area (Å²) < 4.78 is 10.2. The van der Waals surface area contributed by atoms with Crippen LogP contribution in [-0.2, 0) is 19.1 Å². The van der Waals surface area contributed by atoms with Crippen LogP contribution in [0, 0.1) is 0 Å². The second-order valence-corrected chi connectivity index (χ2v) is 3.06. The van der Waals surface area contributed by atoms with Crippen LogP contribution in [0.25, 0.3) is 0 Å². The van der Waals surface area contributed by atoms with Crippen molar-refractivity contribution in [3.63, 3.8) is 0 Å². The molecule has 0 aromatic carbocycles. The van der Waals surface area contributed by atoms with E-state index in [0.29, 0.717) is 6.29 Å². The lowest BCUT2D eigenvalue weighted by molar-refractivity contribution is -0.155. The Kier molecular flexibility index (Phi) is 2.16. The van der Waals surface area contributed by atoms with Crippen LogP contribution in [-0.4, -0.2) is 30.2 Å². The van der Waals surface area contributed by atoms with Crippen molar-refractivity contribution in [2.24, 2.45) is 5.73 Å². The number of primary amides is 1. The van der Waals surface area contributed by atoms with E-state index in [1.807, 2.05) is 0 Å². The Morgan fingerprint density at radius 3 is 2.42 bits per heavy atom. The molecule has 1 aliphatic rings. The second kappa shape index (κ2) is 2.84. The fourth-order valence-electron chi connectivity index (χ4n) is 1.11. The molecule has 1 aliphatic heterocycles. The van der Waals surface area contributed by atoms with Crippen molar-refractivity contribution in [3.8, 4) is 0 Å². The number of carbonyl (C=O) groups excluding carboxylic acids is 2. The fraction of sp³-hybridized carbons (Fsp3) is 0.714. The molecule has 12 heavy (non-hydrogen) atoms. The second-order valence-electron chi connectivity index (χ2n) is 3.06. The van der Waals surface area contributed by atoms with Gasteiger partial charge in [-0.3, -0.25) is 4.79 Å². The summed E-state index contributed by atoms with van der Waals surface area (Å²) in [5.74, 6) is -1.59. The molecule has 5 heteroatoms. The first-order valence-electron chi connectivity index (χ1n) is 3.56. The molecule has 68 valence electrons. The summed E-state index contributed by atoms with van der Waals surface area (Å²) in [6.45, 7) is 3.24. The van der Waals surface area contributed by atoms with Crippen molar-refractivity contribution in [2.45, 2.75) is 31.8 Å². The number of ether oxygens (including phenoxy) is 2. The van der Waals surface area contributed by atoms with E-state index in [9.17, 15) is 9.59 Å². The van der Waals surface area contributed by atoms with Gasteiger partial charge in [0.1, 0.15) is 0 Å². The molecule has 5 nitrogen and oxygen atoms in total. The molecule has 1 heterocycles. The average molecular weight is 173 g/mol. The number of rotatable bonds is 2. The van der Waals surface area contributed by atoms with E-state index in [1.54, 1.807) is 13.8 Å². The first-order valence-corrected chi connectivity index (χ1v) is 3.56. The van der Waals surface area contributed by atoms with Gasteiger partial charge in [0.15, 0.2) is 24.3 Å². The average Bonchev–Trinajstić information content (AvgIpc) is 2.25. The van der Waals surface area contributed by atoms with Gasteiger partial charge in [0.05, 0.1) is 0 Å². The lowest BCUT2D eigenvalue weighted by Gasteiger charge is -2.15. The normalized spacial score (nSPS) is 33.2. The van der Waals surface area contributed by atoms with Gasteiger partial charge in [-0.05, 0) is 13.8 Å². The quantitative estimate of drug-likeness (QED) is 0.554. The molecule has 2 N–H and O–H groups in total. The Hall–Kier alpha value is -0.940. The minimum atomic E-state index is -0.961. The van der Waals surface area contributed by atoms with Gasteiger partial charge in [0.2, 0.25) is 5.91 Å². The molecule has 2 atom stereocenters. The van der Waals surface area contributed by atoms with Crippen LogP contribution in [0.15, 0.2) is 0 Å². The van der Waals surface area contributed by atoms with Crippen LogP contribution in [0.5, 0.6) is 0 Å². The van der Waals surface area contributed by atoms with Gasteiger partial charge < -0.3 is 20.0 Å². The number of amides is 1. The minimum absolute atomic E-state index is 0.518. The third kappa shape index (κ3) is 1.62. The van der Waals surface area contributed by atoms with Crippen LogP contribution in [0.4, 0.5) is 0 Å². The maximum atomic E-state index is 10.7. The number of nitrogens with two attached hydrogens (primary N) is 1. The highest BCUT2D eigenvalue weighted by molar-refractivity contribution is 5.83. The minimum Gasteiger partial charge on any atom is -0.367 e. The first-order chi connectivity index (χ1) is 5.46. The van der Waals surface area contributed by atoms with E-state index in [0.717, 1.165) is 0 Å². The fourth-order valence-corrected chi connectivity index (χ4v) is 1.11. The zero-order valence-corrected chi connectivity index (χ0v) is 6.94. The van der Waals surface area contributed by atoms with Gasteiger partial charge in [0, 0.05) is 0 Å². The molecule has 0 unspecified atom stereocenters. The lowest BCUT2D eigenvalue weighted by atomic mass is 10.2. The van der Waals surface area contributed by atoms with Crippen molar-refractivity contribution in [3.05, 3.63) is 0 Å². The summed E-state index contributed by atoms with van der Waals surface area (Å²) in [5.41, 5.74) is 4.98. The molecule has 1 amide bonds. The smallest absolute Gasteiger partial charge is 0.249 e. The zero-order chi connectivity index (χ0) is 9.35. The van der Waals surface area contributed by atoms with Crippen molar-refractivity contribution in [1.82, 2.24) is 0 Å². The van der Waals surface area contributed by atoms with Crippen LogP contribution in [0.1, 0.15) is 13.8 Å². The Morgan fingerprint density at radius 2 is 2.08 bits per heavy atom. The number of hydrogen-bond donors (Lipinski definition) is 1. The van der Waals surface area contributed by atoms with Gasteiger partial charge in [-0.1, -0.05) is 0 Å². The highest BCUT2D eigenvalue weighted by Gasteiger charge is 2.44. The summed E-state index contributed by atoms with van der Waals surface area (Å²) in [7, 11) is 0. The topological polar surface area (TPSA) is 78.6 Å². The molecule has 1 saturated heterocycles. The lowest BCUT2D eigenvalue weighted by Crippen LogP contribution is -2.37. The summed E-state index contributed by atoms with van der Waals surface area (Å²) in [4.78, 5) is 21.1. The van der Waals surface area contributed by atoms with Gasteiger partial charge in [-0.2, -0.15) is 0 Å². The molecule has 0 aliphatic carbocycles. The van der Waals surface area contributed by atoms with Gasteiger partial charge >= 0.3 is 0 Å². The molecular formula is C7H11NO4. The molecule has 0 saturated carbocycles. The van der Waals surface area contributed by atoms with E-state index >= 15 is 0 Å². The molecule has 1 rings (SSSR count). The Balaban J connectivity index is 2.76. The maximum absolute atomic E-state index is 10.7. The molecule has 0 aromatic rings. The van der Waals surface area contributed by atoms with Crippen LogP contribution >= 0.6 is 0 Å². The molecule has 0 bridgehead atoms. The highest BCUT2D eigenvalue weighted by Crippen LogP contribution is 2.26. The van der Waals surface area contributed by atoms with E-state index in [4.69, 9.17) is 15.2 Å². The molecule has 0 radical (unpaired) electrons. The molecule has 0 spiro atoms. The predicted molar refractivity (Wildman–Crippen MR) is 39.1 cm³/mol. The monoisotopic (exact) mass is 173 g/mol. The Labute approximate surface area is 69.8 Å². The summed E-state index contributed by atoms with van der Waals surface area (Å²) >= 11 is 0. The van der Waals surface area contributed by atoms with Crippen molar-refractivity contribution in [1.29, 1.82) is 0 Å². The van der Waals surface area contributed by atoms with E-state index in [-0.39, 0.29) is 0 Å². The van der Waals surface area contributed by atoms with Crippen LogP contribution in [0.2, 0.25) is 0 Å². The Bertz CT molecular complexity index is 213. The largest absolute Gasteiger partial charge is 0.367 e. The Morgan fingerprint density at radius 1 is 1.50 bits per heavy atom. The zero-order valence-electron chi connectivity index (χ0n) is 6.94. The highest BCUT2D eigenvalue weighted by atomic mass is 16.8. The van der Waals surface area contributed by atoms with Crippen LogP contribution in [0.3, 0.4) is 0 Å². The maximum Gasteiger partial charge on any atom is 0.249 e. The number of carbonyl (C=O) groups is 2. The van der Waals surface area contributed by atoms with E-state index < -0.39 is 23.9 Å². The molecular weight excluding hydrogens is 162 g/mol. The van der Waals surface area contributed by atoms with Crippen molar-refractivity contribution in [2.75, 3.05) is 0 Å². The van der Waals surface area contributed by atoms with E-state index in [2.05, 4.69) is 0 Å². The van der Waals surface area contributed by atoms with E-state index in [1.165, 1.54) is 0 Å². The molecule has 0 aromatic heterocycles. The summed E-state index contributed by atoms with van der Waals surface area (Å²) in [6, 6.07) is 0. The standard InChI is InChI=1S/C7H11NO4/c1-7(2)11-4(3-9)5(12-7)6(8)10/h3-5H,1-2H3,(H2,8,10)/t4-,5+/m1/s1. The molecule has 1 fully saturated rings. The predicted octanol–water partition coefficient (Wildman–Crippen LogP) is -0.809. The summed E-state index contributed by atoms with van der Waals surface area (Å²) in [6.07, 6.45) is -1.32. The third-order valence-electron chi connectivity index (χ3n) is 1.54. The first kappa shape index (κ1) is 9.15. The summed E-state index contributed by atoms with van der Waals surface area (Å²) in [5, 5.41) is 0. The SMILES string of the molecule is CC1(C)O[C@H](C(N)=O)[C@@H](C=O)O1. The third-order valence-corrected chi connectivity index (χ3v) is 1.54. The van der Waals surface area contributed by atoms with Crippen molar-refractivity contribution >= 4 is 12.2 Å². The van der Waals surface area contributed by atoms with Crippen LogP contribution < -0.4 is 5.73 Å². The van der Waals surface area contributed by atoms with Gasteiger partial charge in [-0.15, -0.1) is 0 Å². The van der Waals surface area contributed by atoms with Crippen molar-refractivity contribution < 1.29 is 19.1 Å². The number of aldehydes is 1.